The van der Waals surface area contributed by atoms with Gasteiger partial charge in [-0.3, -0.25) is 0 Å². The number of hydrogen-bond acceptors (Lipinski definition) is 3. The van der Waals surface area contributed by atoms with E-state index in [1.807, 2.05) is 11.4 Å². The summed E-state index contributed by atoms with van der Waals surface area (Å²) in [5.74, 6) is 1.03. The highest BCUT2D eigenvalue weighted by Crippen LogP contribution is 2.35. The number of hydrogen-bond donors (Lipinski definition) is 1. The van der Waals surface area contributed by atoms with Gasteiger partial charge in [0.1, 0.15) is 5.75 Å². The molecule has 1 N–H and O–H groups in total. The molecule has 2 aromatic rings. The Morgan fingerprint density at radius 3 is 3.05 bits per heavy atom. The normalized spacial score (nSPS) is 15.5. The number of ether oxygens (including phenoxy) is 1. The molecule has 0 fully saturated rings. The average molecular weight is 308 g/mol. The lowest BCUT2D eigenvalue weighted by molar-refractivity contribution is 0.288. The fourth-order valence-corrected chi connectivity index (χ4v) is 3.90. The molecule has 3 rings (SSSR count). The summed E-state index contributed by atoms with van der Waals surface area (Å²) in [4.78, 5) is 1.19. The Morgan fingerprint density at radius 1 is 1.40 bits per heavy atom. The Morgan fingerprint density at radius 2 is 2.30 bits per heavy atom. The molecule has 0 amide bonds. The van der Waals surface area contributed by atoms with Gasteiger partial charge in [-0.05, 0) is 48.0 Å². The van der Waals surface area contributed by atoms with Crippen LogP contribution >= 0.6 is 22.9 Å². The van der Waals surface area contributed by atoms with Crippen molar-refractivity contribution in [3.63, 3.8) is 0 Å². The first-order chi connectivity index (χ1) is 9.79. The van der Waals surface area contributed by atoms with Crippen LogP contribution in [0.3, 0.4) is 0 Å². The largest absolute Gasteiger partial charge is 0.493 e. The van der Waals surface area contributed by atoms with E-state index in [2.05, 4.69) is 30.4 Å². The second-order valence-electron chi connectivity index (χ2n) is 4.94. The Balaban J connectivity index is 1.97. The van der Waals surface area contributed by atoms with Crippen LogP contribution in [0.25, 0.3) is 0 Å². The Hall–Kier alpha value is -1.03. The van der Waals surface area contributed by atoms with Crippen molar-refractivity contribution in [3.05, 3.63) is 50.7 Å². The summed E-state index contributed by atoms with van der Waals surface area (Å²) in [6, 6.07) is 8.63. The highest BCUT2D eigenvalue weighted by molar-refractivity contribution is 7.10. The summed E-state index contributed by atoms with van der Waals surface area (Å²) in [5, 5.41) is 6.42. The molecule has 0 saturated heterocycles. The summed E-state index contributed by atoms with van der Waals surface area (Å²) in [7, 11) is 0. The Kier molecular flexibility index (Phi) is 4.29. The molecule has 2 nitrogen and oxygen atoms in total. The maximum Gasteiger partial charge on any atom is 0.122 e. The van der Waals surface area contributed by atoms with Gasteiger partial charge >= 0.3 is 0 Å². The topological polar surface area (TPSA) is 21.3 Å². The van der Waals surface area contributed by atoms with Crippen molar-refractivity contribution in [3.8, 4) is 5.75 Å². The zero-order chi connectivity index (χ0) is 13.9. The number of rotatable bonds is 4. The van der Waals surface area contributed by atoms with Crippen LogP contribution in [0.15, 0.2) is 29.6 Å². The van der Waals surface area contributed by atoms with Gasteiger partial charge in [0, 0.05) is 4.88 Å². The van der Waals surface area contributed by atoms with E-state index >= 15 is 0 Å². The molecule has 4 heteroatoms. The van der Waals surface area contributed by atoms with Crippen LogP contribution in [0.1, 0.15) is 35.4 Å². The molecule has 106 valence electrons. The molecule has 0 saturated carbocycles. The molecule has 1 atom stereocenters. The predicted octanol–water partition coefficient (Wildman–Crippen LogP) is 4.43. The van der Waals surface area contributed by atoms with Gasteiger partial charge in [0.05, 0.1) is 17.7 Å². The fraction of sp³-hybridized carbons (Fsp3) is 0.375. The van der Waals surface area contributed by atoms with Gasteiger partial charge in [0.2, 0.25) is 0 Å². The molecule has 1 aliphatic heterocycles. The number of nitrogens with one attached hydrogen (secondary N) is 1. The van der Waals surface area contributed by atoms with Gasteiger partial charge in [0.15, 0.2) is 0 Å². The van der Waals surface area contributed by atoms with Crippen LogP contribution in [-0.4, -0.2) is 13.2 Å². The Bertz CT molecular complexity index is 596. The standard InChI is InChI=1S/C16H18ClNOS/c1-2-18-15(16-13(17)7-9-20-16)12-5-6-14-11(10-12)4-3-8-19-14/h5-7,9-10,15,18H,2-4,8H2,1H3. The van der Waals surface area contributed by atoms with Crippen LogP contribution in [0, 0.1) is 0 Å². The van der Waals surface area contributed by atoms with E-state index in [1.165, 1.54) is 16.0 Å². The van der Waals surface area contributed by atoms with Crippen LogP contribution < -0.4 is 10.1 Å². The molecule has 0 spiro atoms. The molecule has 20 heavy (non-hydrogen) atoms. The van der Waals surface area contributed by atoms with E-state index in [1.54, 1.807) is 11.3 Å². The summed E-state index contributed by atoms with van der Waals surface area (Å²) >= 11 is 8.01. The molecular weight excluding hydrogens is 290 g/mol. The van der Waals surface area contributed by atoms with Crippen LogP contribution in [0.2, 0.25) is 5.02 Å². The van der Waals surface area contributed by atoms with E-state index in [4.69, 9.17) is 16.3 Å². The minimum Gasteiger partial charge on any atom is -0.493 e. The molecular formula is C16H18ClNOS. The summed E-state index contributed by atoms with van der Waals surface area (Å²) in [5.41, 5.74) is 2.57. The lowest BCUT2D eigenvalue weighted by Gasteiger charge is -2.22. The second kappa shape index (κ2) is 6.17. The maximum absolute atomic E-state index is 6.31. The number of halogens is 1. The van der Waals surface area contributed by atoms with E-state index in [0.717, 1.165) is 36.8 Å². The minimum absolute atomic E-state index is 0.166. The first-order valence-electron chi connectivity index (χ1n) is 7.01. The molecule has 0 aliphatic carbocycles. The highest BCUT2D eigenvalue weighted by atomic mass is 35.5. The fourth-order valence-electron chi connectivity index (χ4n) is 2.64. The third-order valence-corrected chi connectivity index (χ3v) is 5.00. The second-order valence-corrected chi connectivity index (χ2v) is 6.30. The SMILES string of the molecule is CCNC(c1ccc2c(c1)CCCO2)c1sccc1Cl. The number of thiophene rings is 1. The molecule has 1 unspecified atom stereocenters. The quantitative estimate of drug-likeness (QED) is 0.902. The van der Waals surface area contributed by atoms with Gasteiger partial charge in [0.25, 0.3) is 0 Å². The van der Waals surface area contributed by atoms with Gasteiger partial charge in [-0.15, -0.1) is 11.3 Å². The zero-order valence-corrected chi connectivity index (χ0v) is 13.1. The van der Waals surface area contributed by atoms with Crippen molar-refractivity contribution in [2.75, 3.05) is 13.2 Å². The molecule has 1 aromatic carbocycles. The predicted molar refractivity (Wildman–Crippen MR) is 85.1 cm³/mol. The zero-order valence-electron chi connectivity index (χ0n) is 11.5. The van der Waals surface area contributed by atoms with Crippen molar-refractivity contribution in [1.82, 2.24) is 5.32 Å². The molecule has 2 heterocycles. The molecule has 1 aromatic heterocycles. The van der Waals surface area contributed by atoms with Crippen molar-refractivity contribution < 1.29 is 4.74 Å². The maximum atomic E-state index is 6.31. The number of benzene rings is 1. The van der Waals surface area contributed by atoms with Crippen molar-refractivity contribution in [2.24, 2.45) is 0 Å². The first kappa shape index (κ1) is 13.9. The van der Waals surface area contributed by atoms with Gasteiger partial charge < -0.3 is 10.1 Å². The first-order valence-corrected chi connectivity index (χ1v) is 8.27. The van der Waals surface area contributed by atoms with Gasteiger partial charge in [-0.2, -0.15) is 0 Å². The van der Waals surface area contributed by atoms with Crippen LogP contribution in [0.5, 0.6) is 5.75 Å². The van der Waals surface area contributed by atoms with Crippen molar-refractivity contribution >= 4 is 22.9 Å². The molecule has 0 radical (unpaired) electrons. The molecule has 0 bridgehead atoms. The lowest BCUT2D eigenvalue weighted by atomic mass is 9.98. The summed E-state index contributed by atoms with van der Waals surface area (Å²) in [6.45, 7) is 3.86. The number of aryl methyl sites for hydroxylation is 1. The van der Waals surface area contributed by atoms with E-state index in [-0.39, 0.29) is 6.04 Å². The van der Waals surface area contributed by atoms with Crippen LogP contribution in [-0.2, 0) is 6.42 Å². The summed E-state index contributed by atoms with van der Waals surface area (Å²) in [6.07, 6.45) is 2.20. The monoisotopic (exact) mass is 307 g/mol. The smallest absolute Gasteiger partial charge is 0.122 e. The third kappa shape index (κ3) is 2.71. The van der Waals surface area contributed by atoms with E-state index in [9.17, 15) is 0 Å². The lowest BCUT2D eigenvalue weighted by Crippen LogP contribution is -2.22. The van der Waals surface area contributed by atoms with Crippen molar-refractivity contribution in [1.29, 1.82) is 0 Å². The van der Waals surface area contributed by atoms with Crippen molar-refractivity contribution in [2.45, 2.75) is 25.8 Å². The van der Waals surface area contributed by atoms with E-state index < -0.39 is 0 Å². The molecule has 1 aliphatic rings. The van der Waals surface area contributed by atoms with Gasteiger partial charge in [-0.25, -0.2) is 0 Å². The van der Waals surface area contributed by atoms with Gasteiger partial charge in [-0.1, -0.05) is 30.7 Å². The highest BCUT2D eigenvalue weighted by Gasteiger charge is 2.19. The Labute approximate surface area is 128 Å². The van der Waals surface area contributed by atoms with E-state index in [0.29, 0.717) is 0 Å². The third-order valence-electron chi connectivity index (χ3n) is 3.58. The van der Waals surface area contributed by atoms with Crippen LogP contribution in [0.4, 0.5) is 0 Å². The number of fused-ring (bicyclic) bond motifs is 1. The summed E-state index contributed by atoms with van der Waals surface area (Å²) < 4.78 is 5.69. The minimum atomic E-state index is 0.166. The average Bonchev–Trinajstić information content (AvgIpc) is 2.90.